The zero-order valence-electron chi connectivity index (χ0n) is 10.5. The van der Waals surface area contributed by atoms with Gasteiger partial charge in [-0.3, -0.25) is 9.59 Å². The molecule has 0 aromatic heterocycles. The van der Waals surface area contributed by atoms with Gasteiger partial charge in [0, 0.05) is 20.1 Å². The van der Waals surface area contributed by atoms with Crippen molar-refractivity contribution in [1.29, 1.82) is 0 Å². The number of nitrogens with one attached hydrogen (secondary N) is 2. The molecular weight excluding hydrogens is 262 g/mol. The fraction of sp³-hybridized carbons (Fsp3) is 0.778. The molecule has 0 saturated carbocycles. The van der Waals surface area contributed by atoms with E-state index >= 15 is 0 Å². The molecule has 0 heterocycles. The molecule has 0 rings (SSSR count). The van der Waals surface area contributed by atoms with Crippen molar-refractivity contribution in [2.45, 2.75) is 19.8 Å². The molecule has 0 saturated heterocycles. The minimum absolute atomic E-state index is 0.152. The van der Waals surface area contributed by atoms with Crippen molar-refractivity contribution >= 4 is 22.1 Å². The number of carboxylic acid groups (broad SMARTS) is 1. The highest BCUT2D eigenvalue weighted by molar-refractivity contribution is 7.87. The van der Waals surface area contributed by atoms with Crippen LogP contribution in [0.2, 0.25) is 0 Å². The van der Waals surface area contributed by atoms with E-state index in [0.29, 0.717) is 6.54 Å². The maximum absolute atomic E-state index is 11.6. The molecule has 0 spiro atoms. The summed E-state index contributed by atoms with van der Waals surface area (Å²) in [7, 11) is -2.57. The van der Waals surface area contributed by atoms with Crippen molar-refractivity contribution in [2.24, 2.45) is 0 Å². The SMILES string of the molecule is CCCNC(=O)CNS(=O)(=O)N(C)CCC(=O)O. The van der Waals surface area contributed by atoms with E-state index in [1.807, 2.05) is 6.92 Å². The summed E-state index contributed by atoms with van der Waals surface area (Å²) in [4.78, 5) is 21.5. The highest BCUT2D eigenvalue weighted by Crippen LogP contribution is 1.95. The van der Waals surface area contributed by atoms with E-state index in [0.717, 1.165) is 10.7 Å². The normalized spacial score (nSPS) is 11.5. The summed E-state index contributed by atoms with van der Waals surface area (Å²) in [6.07, 6.45) is 0.469. The van der Waals surface area contributed by atoms with E-state index in [9.17, 15) is 18.0 Å². The van der Waals surface area contributed by atoms with Gasteiger partial charge >= 0.3 is 5.97 Å². The molecule has 8 nitrogen and oxygen atoms in total. The lowest BCUT2D eigenvalue weighted by molar-refractivity contribution is -0.137. The minimum Gasteiger partial charge on any atom is -0.481 e. The Balaban J connectivity index is 4.13. The molecule has 0 aliphatic carbocycles. The van der Waals surface area contributed by atoms with Crippen molar-refractivity contribution in [1.82, 2.24) is 14.3 Å². The number of hydrogen-bond donors (Lipinski definition) is 3. The Hall–Kier alpha value is -1.19. The van der Waals surface area contributed by atoms with Gasteiger partial charge in [-0.25, -0.2) is 0 Å². The van der Waals surface area contributed by atoms with Crippen LogP contribution in [-0.2, 0) is 19.8 Å². The predicted octanol–water partition coefficient (Wildman–Crippen LogP) is -1.25. The first-order valence-electron chi connectivity index (χ1n) is 5.49. The third kappa shape index (κ3) is 7.20. The lowest BCUT2D eigenvalue weighted by Crippen LogP contribution is -2.44. The molecule has 0 atom stereocenters. The van der Waals surface area contributed by atoms with Gasteiger partial charge in [0.05, 0.1) is 13.0 Å². The van der Waals surface area contributed by atoms with Gasteiger partial charge < -0.3 is 10.4 Å². The second-order valence-electron chi connectivity index (χ2n) is 3.64. The number of hydrogen-bond acceptors (Lipinski definition) is 4. The fourth-order valence-corrected chi connectivity index (χ4v) is 1.83. The summed E-state index contributed by atoms with van der Waals surface area (Å²) in [5.41, 5.74) is 0. The number of carbonyl (C=O) groups is 2. The molecule has 3 N–H and O–H groups in total. The third-order valence-electron chi connectivity index (χ3n) is 2.04. The molecule has 0 aliphatic rings. The van der Waals surface area contributed by atoms with E-state index in [1.54, 1.807) is 0 Å². The molecule has 0 aromatic carbocycles. The van der Waals surface area contributed by atoms with Crippen LogP contribution in [0.1, 0.15) is 19.8 Å². The molecule has 1 amide bonds. The van der Waals surface area contributed by atoms with Gasteiger partial charge in [-0.1, -0.05) is 6.92 Å². The summed E-state index contributed by atoms with van der Waals surface area (Å²) in [5.74, 6) is -1.51. The van der Waals surface area contributed by atoms with Gasteiger partial charge in [0.15, 0.2) is 0 Å². The van der Waals surface area contributed by atoms with Crippen molar-refractivity contribution in [3.63, 3.8) is 0 Å². The lowest BCUT2D eigenvalue weighted by atomic mass is 10.4. The quantitative estimate of drug-likeness (QED) is 0.488. The summed E-state index contributed by atoms with van der Waals surface area (Å²) in [5, 5.41) is 11.0. The summed E-state index contributed by atoms with van der Waals surface area (Å²) in [6.45, 7) is 1.85. The molecule has 0 radical (unpaired) electrons. The Morgan fingerprint density at radius 2 is 1.94 bits per heavy atom. The Bertz CT molecular complexity index is 382. The molecule has 0 bridgehead atoms. The maximum Gasteiger partial charge on any atom is 0.304 e. The lowest BCUT2D eigenvalue weighted by Gasteiger charge is -2.16. The second kappa shape index (κ2) is 8.01. The highest BCUT2D eigenvalue weighted by Gasteiger charge is 2.18. The summed E-state index contributed by atoms with van der Waals surface area (Å²) < 4.78 is 26.1. The molecule has 9 heteroatoms. The van der Waals surface area contributed by atoms with Crippen LogP contribution in [0.25, 0.3) is 0 Å². The van der Waals surface area contributed by atoms with Crippen LogP contribution in [0.15, 0.2) is 0 Å². The smallest absolute Gasteiger partial charge is 0.304 e. The topological polar surface area (TPSA) is 116 Å². The zero-order valence-corrected chi connectivity index (χ0v) is 11.3. The molecule has 0 unspecified atom stereocenters. The molecule has 0 fully saturated rings. The summed E-state index contributed by atoms with van der Waals surface area (Å²) >= 11 is 0. The maximum atomic E-state index is 11.6. The molecule has 0 aliphatic heterocycles. The van der Waals surface area contributed by atoms with Crippen LogP contribution in [-0.4, -0.2) is 56.4 Å². The van der Waals surface area contributed by atoms with Crippen molar-refractivity contribution in [3.8, 4) is 0 Å². The van der Waals surface area contributed by atoms with Crippen molar-refractivity contribution in [3.05, 3.63) is 0 Å². The van der Waals surface area contributed by atoms with Crippen LogP contribution >= 0.6 is 0 Å². The number of aliphatic carboxylic acids is 1. The predicted molar refractivity (Wildman–Crippen MR) is 65.1 cm³/mol. The average Bonchev–Trinajstić information content (AvgIpc) is 2.30. The summed E-state index contributed by atoms with van der Waals surface area (Å²) in [6, 6.07) is 0. The first-order valence-corrected chi connectivity index (χ1v) is 6.93. The minimum atomic E-state index is -3.82. The van der Waals surface area contributed by atoms with E-state index in [-0.39, 0.29) is 19.5 Å². The Morgan fingerprint density at radius 1 is 1.33 bits per heavy atom. The van der Waals surface area contributed by atoms with Gasteiger partial charge in [0.25, 0.3) is 10.2 Å². The van der Waals surface area contributed by atoms with E-state index in [2.05, 4.69) is 10.0 Å². The van der Waals surface area contributed by atoms with Gasteiger partial charge in [-0.05, 0) is 6.42 Å². The van der Waals surface area contributed by atoms with E-state index < -0.39 is 22.1 Å². The monoisotopic (exact) mass is 281 g/mol. The number of nitrogens with zero attached hydrogens (tertiary/aromatic N) is 1. The average molecular weight is 281 g/mol. The van der Waals surface area contributed by atoms with Crippen LogP contribution in [0, 0.1) is 0 Å². The highest BCUT2D eigenvalue weighted by atomic mass is 32.2. The van der Waals surface area contributed by atoms with Crippen LogP contribution in [0.4, 0.5) is 0 Å². The van der Waals surface area contributed by atoms with Crippen LogP contribution < -0.4 is 10.0 Å². The Labute approximate surface area is 107 Å². The first kappa shape index (κ1) is 16.8. The zero-order chi connectivity index (χ0) is 14.2. The largest absolute Gasteiger partial charge is 0.481 e. The first-order chi connectivity index (χ1) is 8.29. The van der Waals surface area contributed by atoms with Crippen LogP contribution in [0.3, 0.4) is 0 Å². The molecular formula is C9H19N3O5S. The number of carboxylic acids is 1. The number of carbonyl (C=O) groups excluding carboxylic acids is 1. The Kier molecular flexibility index (Phi) is 7.48. The molecule has 0 aromatic rings. The molecule has 18 heavy (non-hydrogen) atoms. The van der Waals surface area contributed by atoms with Crippen molar-refractivity contribution < 1.29 is 23.1 Å². The standard InChI is InChI=1S/C9H19N3O5S/c1-3-5-10-8(13)7-11-18(16,17)12(2)6-4-9(14)15/h11H,3-7H2,1-2H3,(H,10,13)(H,14,15). The van der Waals surface area contributed by atoms with Gasteiger partial charge in [0.1, 0.15) is 0 Å². The Morgan fingerprint density at radius 3 is 2.44 bits per heavy atom. The third-order valence-corrected chi connectivity index (χ3v) is 3.55. The number of amides is 1. The van der Waals surface area contributed by atoms with Gasteiger partial charge in [0.2, 0.25) is 5.91 Å². The fourth-order valence-electron chi connectivity index (χ4n) is 0.967. The molecule has 106 valence electrons. The number of rotatable bonds is 9. The van der Waals surface area contributed by atoms with E-state index in [4.69, 9.17) is 5.11 Å². The van der Waals surface area contributed by atoms with E-state index in [1.165, 1.54) is 7.05 Å². The van der Waals surface area contributed by atoms with Crippen molar-refractivity contribution in [2.75, 3.05) is 26.7 Å². The van der Waals surface area contributed by atoms with Gasteiger partial charge in [-0.15, -0.1) is 0 Å². The van der Waals surface area contributed by atoms with Gasteiger partial charge in [-0.2, -0.15) is 17.4 Å². The second-order valence-corrected chi connectivity index (χ2v) is 5.50. The van der Waals surface area contributed by atoms with Crippen LogP contribution in [0.5, 0.6) is 0 Å².